The van der Waals surface area contributed by atoms with E-state index in [4.69, 9.17) is 0 Å². The lowest BCUT2D eigenvalue weighted by atomic mass is 10.1. The van der Waals surface area contributed by atoms with E-state index in [1.165, 1.54) is 38.5 Å². The molecule has 1 saturated carbocycles. The second-order valence-corrected chi connectivity index (χ2v) is 5.48. The van der Waals surface area contributed by atoms with E-state index in [9.17, 15) is 4.21 Å². The fourth-order valence-electron chi connectivity index (χ4n) is 1.50. The summed E-state index contributed by atoms with van der Waals surface area (Å²) in [5, 5.41) is 0. The minimum Gasteiger partial charge on any atom is -0.260 e. The van der Waals surface area contributed by atoms with Crippen molar-refractivity contribution in [2.75, 3.05) is 12.0 Å². The molecule has 0 aromatic carbocycles. The van der Waals surface area contributed by atoms with Gasteiger partial charge >= 0.3 is 0 Å². The molecule has 0 amide bonds. The molecule has 1 unspecified atom stereocenters. The van der Waals surface area contributed by atoms with Crippen LogP contribution in [0.25, 0.3) is 0 Å². The first-order chi connectivity index (χ1) is 5.79. The molecule has 0 radical (unpaired) electrons. The van der Waals surface area contributed by atoms with Crippen LogP contribution in [-0.2, 0) is 10.8 Å². The van der Waals surface area contributed by atoms with Crippen molar-refractivity contribution < 1.29 is 4.21 Å². The molecular formula is C10H20OS. The Balaban J connectivity index is 1.73. The summed E-state index contributed by atoms with van der Waals surface area (Å²) < 4.78 is 10.7. The fraction of sp³-hybridized carbons (Fsp3) is 1.00. The van der Waals surface area contributed by atoms with Crippen LogP contribution in [0.4, 0.5) is 0 Å². The van der Waals surface area contributed by atoms with Crippen LogP contribution < -0.4 is 0 Å². The topological polar surface area (TPSA) is 17.1 Å². The summed E-state index contributed by atoms with van der Waals surface area (Å²) in [4.78, 5) is 0. The molecule has 0 aromatic rings. The molecule has 1 aliphatic rings. The Labute approximate surface area is 78.4 Å². The third-order valence-corrected chi connectivity index (χ3v) is 3.35. The molecule has 0 N–H and O–H groups in total. The van der Waals surface area contributed by atoms with Crippen LogP contribution in [0.2, 0.25) is 0 Å². The molecule has 0 spiro atoms. The van der Waals surface area contributed by atoms with Crippen LogP contribution >= 0.6 is 0 Å². The van der Waals surface area contributed by atoms with Crippen LogP contribution in [0.15, 0.2) is 0 Å². The van der Waals surface area contributed by atoms with Crippen molar-refractivity contribution >= 4 is 10.8 Å². The van der Waals surface area contributed by atoms with Gasteiger partial charge in [0.05, 0.1) is 0 Å². The molecule has 0 aliphatic heterocycles. The lowest BCUT2D eigenvalue weighted by Gasteiger charge is -1.98. The first kappa shape index (κ1) is 10.2. The maximum atomic E-state index is 10.7. The summed E-state index contributed by atoms with van der Waals surface area (Å²) in [6, 6.07) is 0. The SMILES string of the molecule is CS(=O)CCCCCCC1CC1. The highest BCUT2D eigenvalue weighted by atomic mass is 32.2. The highest BCUT2D eigenvalue weighted by Gasteiger charge is 2.19. The quantitative estimate of drug-likeness (QED) is 0.561. The highest BCUT2D eigenvalue weighted by molar-refractivity contribution is 7.84. The predicted octanol–water partition coefficient (Wildman–Crippen LogP) is 2.73. The van der Waals surface area contributed by atoms with E-state index in [-0.39, 0.29) is 0 Å². The van der Waals surface area contributed by atoms with Gasteiger partial charge in [0.25, 0.3) is 0 Å². The molecule has 1 atom stereocenters. The van der Waals surface area contributed by atoms with Gasteiger partial charge in [-0.2, -0.15) is 0 Å². The first-order valence-electron chi connectivity index (χ1n) is 5.09. The zero-order valence-electron chi connectivity index (χ0n) is 8.05. The van der Waals surface area contributed by atoms with E-state index in [1.807, 2.05) is 0 Å². The third-order valence-electron chi connectivity index (χ3n) is 2.49. The van der Waals surface area contributed by atoms with Crippen LogP contribution in [-0.4, -0.2) is 16.2 Å². The van der Waals surface area contributed by atoms with E-state index >= 15 is 0 Å². The molecule has 0 aromatic heterocycles. The molecule has 1 rings (SSSR count). The lowest BCUT2D eigenvalue weighted by molar-refractivity contribution is 0.596. The molecule has 0 saturated heterocycles. The molecular weight excluding hydrogens is 168 g/mol. The van der Waals surface area contributed by atoms with Gasteiger partial charge in [-0.1, -0.05) is 38.5 Å². The third kappa shape index (κ3) is 5.76. The molecule has 0 heterocycles. The van der Waals surface area contributed by atoms with Crippen molar-refractivity contribution in [3.63, 3.8) is 0 Å². The number of hydrogen-bond acceptors (Lipinski definition) is 1. The number of unbranched alkanes of at least 4 members (excludes halogenated alkanes) is 3. The summed E-state index contributed by atoms with van der Waals surface area (Å²) in [6.07, 6.45) is 11.4. The van der Waals surface area contributed by atoms with E-state index in [0.29, 0.717) is 0 Å². The Hall–Kier alpha value is 0.150. The van der Waals surface area contributed by atoms with Crippen LogP contribution in [0.1, 0.15) is 44.9 Å². The monoisotopic (exact) mass is 188 g/mol. The Morgan fingerprint density at radius 2 is 1.83 bits per heavy atom. The van der Waals surface area contributed by atoms with E-state index in [1.54, 1.807) is 6.26 Å². The Morgan fingerprint density at radius 3 is 2.42 bits per heavy atom. The molecule has 1 fully saturated rings. The highest BCUT2D eigenvalue weighted by Crippen LogP contribution is 2.34. The van der Waals surface area contributed by atoms with Gasteiger partial charge in [0.15, 0.2) is 0 Å². The average molecular weight is 188 g/mol. The molecule has 1 aliphatic carbocycles. The van der Waals surface area contributed by atoms with Crippen molar-refractivity contribution in [2.24, 2.45) is 5.92 Å². The van der Waals surface area contributed by atoms with Crippen molar-refractivity contribution in [1.29, 1.82) is 0 Å². The largest absolute Gasteiger partial charge is 0.260 e. The maximum Gasteiger partial charge on any atom is 0.0232 e. The molecule has 2 heteroatoms. The van der Waals surface area contributed by atoms with Crippen molar-refractivity contribution in [3.8, 4) is 0 Å². The minimum absolute atomic E-state index is 0.567. The normalized spacial score (nSPS) is 19.4. The number of hydrogen-bond donors (Lipinski definition) is 0. The van der Waals surface area contributed by atoms with Gasteiger partial charge in [-0.05, 0) is 12.3 Å². The average Bonchev–Trinajstić information content (AvgIpc) is 2.79. The second-order valence-electron chi connectivity index (χ2n) is 3.92. The Kier molecular flexibility index (Phi) is 4.89. The van der Waals surface area contributed by atoms with Crippen LogP contribution in [0.5, 0.6) is 0 Å². The molecule has 12 heavy (non-hydrogen) atoms. The first-order valence-corrected chi connectivity index (χ1v) is 6.82. The standard InChI is InChI=1S/C10H20OS/c1-12(11)9-5-3-2-4-6-10-7-8-10/h10H,2-9H2,1H3. The minimum atomic E-state index is -0.567. The Bertz CT molecular complexity index is 141. The van der Waals surface area contributed by atoms with Crippen molar-refractivity contribution in [1.82, 2.24) is 0 Å². The zero-order valence-corrected chi connectivity index (χ0v) is 8.87. The van der Waals surface area contributed by atoms with Crippen molar-refractivity contribution in [2.45, 2.75) is 44.9 Å². The van der Waals surface area contributed by atoms with Crippen molar-refractivity contribution in [3.05, 3.63) is 0 Å². The summed E-state index contributed by atoms with van der Waals surface area (Å²) in [6.45, 7) is 0. The van der Waals surface area contributed by atoms with Gasteiger partial charge < -0.3 is 0 Å². The van der Waals surface area contributed by atoms with E-state index in [2.05, 4.69) is 0 Å². The van der Waals surface area contributed by atoms with E-state index in [0.717, 1.165) is 18.1 Å². The number of rotatable bonds is 7. The fourth-order valence-corrected chi connectivity index (χ4v) is 2.11. The summed E-state index contributed by atoms with van der Waals surface area (Å²) in [5.74, 6) is 1.99. The van der Waals surface area contributed by atoms with Gasteiger partial charge in [-0.25, -0.2) is 0 Å². The summed E-state index contributed by atoms with van der Waals surface area (Å²) in [7, 11) is -0.567. The maximum absolute atomic E-state index is 10.7. The smallest absolute Gasteiger partial charge is 0.0232 e. The van der Waals surface area contributed by atoms with Gasteiger partial charge in [0, 0.05) is 22.8 Å². The van der Waals surface area contributed by atoms with Crippen LogP contribution in [0, 0.1) is 5.92 Å². The predicted molar refractivity (Wildman–Crippen MR) is 54.7 cm³/mol. The second kappa shape index (κ2) is 5.74. The summed E-state index contributed by atoms with van der Waals surface area (Å²) >= 11 is 0. The van der Waals surface area contributed by atoms with Gasteiger partial charge in [0.1, 0.15) is 0 Å². The van der Waals surface area contributed by atoms with Gasteiger partial charge in [-0.15, -0.1) is 0 Å². The van der Waals surface area contributed by atoms with Gasteiger partial charge in [-0.3, -0.25) is 4.21 Å². The summed E-state index contributed by atoms with van der Waals surface area (Å²) in [5.41, 5.74) is 0. The lowest BCUT2D eigenvalue weighted by Crippen LogP contribution is -1.93. The molecule has 72 valence electrons. The molecule has 0 bridgehead atoms. The van der Waals surface area contributed by atoms with Gasteiger partial charge in [0.2, 0.25) is 0 Å². The van der Waals surface area contributed by atoms with Crippen LogP contribution in [0.3, 0.4) is 0 Å². The van der Waals surface area contributed by atoms with E-state index < -0.39 is 10.8 Å². The Morgan fingerprint density at radius 1 is 1.17 bits per heavy atom. The zero-order chi connectivity index (χ0) is 8.81. The molecule has 1 nitrogen and oxygen atoms in total.